The predicted molar refractivity (Wildman–Crippen MR) is 92.5 cm³/mol. The van der Waals surface area contributed by atoms with Gasteiger partial charge in [0.05, 0.1) is 33.8 Å². The van der Waals surface area contributed by atoms with Crippen LogP contribution in [0, 0.1) is 6.92 Å². The van der Waals surface area contributed by atoms with Crippen LogP contribution in [0.2, 0.25) is 0 Å². The van der Waals surface area contributed by atoms with Gasteiger partial charge in [-0.15, -0.1) is 0 Å². The SMILES string of the molecule is CCCN(Cc1c(Br)c(C)nn1CC)c1ccccc1N. The van der Waals surface area contributed by atoms with Crippen LogP contribution in [-0.2, 0) is 13.1 Å². The largest absolute Gasteiger partial charge is 0.397 e. The van der Waals surface area contributed by atoms with Gasteiger partial charge in [0.2, 0.25) is 0 Å². The number of anilines is 2. The van der Waals surface area contributed by atoms with E-state index in [0.29, 0.717) is 0 Å². The molecule has 21 heavy (non-hydrogen) atoms. The van der Waals surface area contributed by atoms with Gasteiger partial charge in [0, 0.05) is 13.1 Å². The average molecular weight is 351 g/mol. The summed E-state index contributed by atoms with van der Waals surface area (Å²) in [6.45, 7) is 8.96. The number of rotatable bonds is 6. The second-order valence-corrected chi connectivity index (χ2v) is 5.94. The zero-order valence-corrected chi connectivity index (χ0v) is 14.5. The monoisotopic (exact) mass is 350 g/mol. The lowest BCUT2D eigenvalue weighted by molar-refractivity contribution is 0.603. The number of nitrogen functional groups attached to an aromatic ring is 1. The highest BCUT2D eigenvalue weighted by Gasteiger charge is 2.17. The van der Waals surface area contributed by atoms with Crippen molar-refractivity contribution >= 4 is 27.3 Å². The molecule has 5 heteroatoms. The molecular weight excluding hydrogens is 328 g/mol. The lowest BCUT2D eigenvalue weighted by Crippen LogP contribution is -2.26. The van der Waals surface area contributed by atoms with Crippen molar-refractivity contribution in [3.05, 3.63) is 40.1 Å². The lowest BCUT2D eigenvalue weighted by atomic mass is 10.2. The van der Waals surface area contributed by atoms with Crippen molar-refractivity contribution in [2.24, 2.45) is 0 Å². The minimum Gasteiger partial charge on any atom is -0.397 e. The molecule has 0 radical (unpaired) electrons. The fourth-order valence-electron chi connectivity index (χ4n) is 2.53. The van der Waals surface area contributed by atoms with Crippen LogP contribution < -0.4 is 10.6 Å². The molecule has 114 valence electrons. The summed E-state index contributed by atoms with van der Waals surface area (Å²) in [6.07, 6.45) is 1.07. The van der Waals surface area contributed by atoms with Crippen LogP contribution in [0.3, 0.4) is 0 Å². The highest BCUT2D eigenvalue weighted by Crippen LogP contribution is 2.28. The van der Waals surface area contributed by atoms with Crippen molar-refractivity contribution in [3.8, 4) is 0 Å². The van der Waals surface area contributed by atoms with E-state index in [1.54, 1.807) is 0 Å². The maximum Gasteiger partial charge on any atom is 0.0739 e. The second-order valence-electron chi connectivity index (χ2n) is 5.14. The third kappa shape index (κ3) is 3.40. The molecule has 4 nitrogen and oxygen atoms in total. The molecule has 2 N–H and O–H groups in total. The Bertz CT molecular complexity index is 606. The Balaban J connectivity index is 2.35. The third-order valence-electron chi connectivity index (χ3n) is 3.56. The molecule has 0 aliphatic heterocycles. The van der Waals surface area contributed by atoms with Crippen molar-refractivity contribution in [2.75, 3.05) is 17.2 Å². The summed E-state index contributed by atoms with van der Waals surface area (Å²) in [6, 6.07) is 8.04. The lowest BCUT2D eigenvalue weighted by Gasteiger charge is -2.26. The van der Waals surface area contributed by atoms with E-state index in [-0.39, 0.29) is 0 Å². The van der Waals surface area contributed by atoms with Gasteiger partial charge in [0.15, 0.2) is 0 Å². The molecule has 0 unspecified atom stereocenters. The van der Waals surface area contributed by atoms with Crippen molar-refractivity contribution in [1.29, 1.82) is 0 Å². The summed E-state index contributed by atoms with van der Waals surface area (Å²) >= 11 is 3.67. The van der Waals surface area contributed by atoms with E-state index in [1.807, 2.05) is 25.1 Å². The van der Waals surface area contributed by atoms with E-state index in [0.717, 1.165) is 47.6 Å². The number of halogens is 1. The highest BCUT2D eigenvalue weighted by atomic mass is 79.9. The van der Waals surface area contributed by atoms with Crippen LogP contribution in [-0.4, -0.2) is 16.3 Å². The van der Waals surface area contributed by atoms with Crippen molar-refractivity contribution < 1.29 is 0 Å². The Kier molecular flexibility index (Phi) is 5.28. The van der Waals surface area contributed by atoms with Crippen LogP contribution >= 0.6 is 15.9 Å². The first kappa shape index (κ1) is 15.9. The van der Waals surface area contributed by atoms with E-state index < -0.39 is 0 Å². The fourth-order valence-corrected chi connectivity index (χ4v) is 2.94. The van der Waals surface area contributed by atoms with Gasteiger partial charge < -0.3 is 10.6 Å². The Labute approximate surface area is 135 Å². The predicted octanol–water partition coefficient (Wildman–Crippen LogP) is 3.97. The molecule has 1 aromatic carbocycles. The summed E-state index contributed by atoms with van der Waals surface area (Å²) in [7, 11) is 0. The summed E-state index contributed by atoms with van der Waals surface area (Å²) in [4.78, 5) is 2.32. The molecule has 0 aliphatic rings. The Morgan fingerprint density at radius 1 is 1.29 bits per heavy atom. The number of nitrogens with zero attached hydrogens (tertiary/aromatic N) is 3. The highest BCUT2D eigenvalue weighted by molar-refractivity contribution is 9.10. The first-order valence-electron chi connectivity index (χ1n) is 7.39. The van der Waals surface area contributed by atoms with Gasteiger partial charge >= 0.3 is 0 Å². The van der Waals surface area contributed by atoms with Gasteiger partial charge in [-0.1, -0.05) is 19.1 Å². The third-order valence-corrected chi connectivity index (χ3v) is 4.60. The minimum atomic E-state index is 0.803. The number of nitrogens with two attached hydrogens (primary N) is 1. The van der Waals surface area contributed by atoms with E-state index in [1.165, 1.54) is 5.69 Å². The summed E-state index contributed by atoms with van der Waals surface area (Å²) in [5.74, 6) is 0. The van der Waals surface area contributed by atoms with E-state index in [9.17, 15) is 0 Å². The standard InChI is InChI=1S/C16H23BrN4/c1-4-10-20(14-9-7-6-8-13(14)18)11-15-16(17)12(3)19-21(15)5-2/h6-9H,4-5,10-11,18H2,1-3H3. The van der Waals surface area contributed by atoms with Gasteiger partial charge in [-0.25, -0.2) is 0 Å². The minimum absolute atomic E-state index is 0.803. The molecule has 1 aromatic heterocycles. The summed E-state index contributed by atoms with van der Waals surface area (Å²) in [5.41, 5.74) is 10.3. The maximum absolute atomic E-state index is 6.14. The molecule has 2 rings (SSSR count). The first-order chi connectivity index (χ1) is 10.1. The summed E-state index contributed by atoms with van der Waals surface area (Å²) < 4.78 is 3.15. The van der Waals surface area contributed by atoms with Crippen molar-refractivity contribution in [3.63, 3.8) is 0 Å². The molecule has 1 heterocycles. The van der Waals surface area contributed by atoms with Crippen LogP contribution in [0.25, 0.3) is 0 Å². The Morgan fingerprint density at radius 3 is 2.62 bits per heavy atom. The molecule has 0 aliphatic carbocycles. The Hall–Kier alpha value is -1.49. The van der Waals surface area contributed by atoms with Gasteiger partial charge in [0.25, 0.3) is 0 Å². The molecule has 0 spiro atoms. The van der Waals surface area contributed by atoms with Gasteiger partial charge in [-0.2, -0.15) is 5.10 Å². The number of aromatic nitrogens is 2. The van der Waals surface area contributed by atoms with Crippen LogP contribution in [0.1, 0.15) is 31.7 Å². The number of hydrogen-bond donors (Lipinski definition) is 1. The van der Waals surface area contributed by atoms with Crippen LogP contribution in [0.5, 0.6) is 0 Å². The van der Waals surface area contributed by atoms with Crippen LogP contribution in [0.15, 0.2) is 28.7 Å². The second kappa shape index (κ2) is 6.98. The fraction of sp³-hybridized carbons (Fsp3) is 0.438. The van der Waals surface area contributed by atoms with E-state index in [4.69, 9.17) is 5.73 Å². The zero-order valence-electron chi connectivity index (χ0n) is 12.9. The normalized spacial score (nSPS) is 10.9. The smallest absolute Gasteiger partial charge is 0.0739 e. The molecule has 0 bridgehead atoms. The quantitative estimate of drug-likeness (QED) is 0.801. The Morgan fingerprint density at radius 2 is 2.00 bits per heavy atom. The van der Waals surface area contributed by atoms with E-state index in [2.05, 4.69) is 50.5 Å². The molecule has 2 aromatic rings. The zero-order chi connectivity index (χ0) is 15.4. The maximum atomic E-state index is 6.14. The van der Waals surface area contributed by atoms with Gasteiger partial charge in [-0.3, -0.25) is 4.68 Å². The number of hydrogen-bond acceptors (Lipinski definition) is 3. The van der Waals surface area contributed by atoms with Crippen molar-refractivity contribution in [1.82, 2.24) is 9.78 Å². The van der Waals surface area contributed by atoms with Gasteiger partial charge in [0.1, 0.15) is 0 Å². The summed E-state index contributed by atoms with van der Waals surface area (Å²) in [5, 5.41) is 4.57. The topological polar surface area (TPSA) is 47.1 Å². The molecular formula is C16H23BrN4. The number of aryl methyl sites for hydroxylation is 2. The molecule has 0 amide bonds. The number of para-hydroxylation sites is 2. The molecule has 0 fully saturated rings. The number of benzene rings is 1. The molecule has 0 saturated heterocycles. The molecule has 0 saturated carbocycles. The van der Waals surface area contributed by atoms with Gasteiger partial charge in [-0.05, 0) is 48.3 Å². The average Bonchev–Trinajstić information content (AvgIpc) is 2.75. The van der Waals surface area contributed by atoms with E-state index >= 15 is 0 Å². The first-order valence-corrected chi connectivity index (χ1v) is 8.19. The molecule has 0 atom stereocenters. The van der Waals surface area contributed by atoms with Crippen molar-refractivity contribution in [2.45, 2.75) is 40.3 Å². The van der Waals surface area contributed by atoms with Crippen LogP contribution in [0.4, 0.5) is 11.4 Å².